The van der Waals surface area contributed by atoms with E-state index in [-0.39, 0.29) is 83.7 Å². The average Bonchev–Trinajstić information content (AvgIpc) is 1.59. The highest BCUT2D eigenvalue weighted by Crippen LogP contribution is 2.47. The summed E-state index contributed by atoms with van der Waals surface area (Å²) in [7, 11) is -3.96. The maximum absolute atomic E-state index is 14.4. The monoisotopic (exact) mass is 1330 g/mol. The fraction of sp³-hybridized carbons (Fsp3) is 0.600. The number of sulfonamides is 1. The zero-order valence-corrected chi connectivity index (χ0v) is 54.8. The van der Waals surface area contributed by atoms with Crippen LogP contribution in [0.3, 0.4) is 0 Å². The molecule has 6 heterocycles. The van der Waals surface area contributed by atoms with Crippen molar-refractivity contribution >= 4 is 69.9 Å². The van der Waals surface area contributed by atoms with E-state index in [1.807, 2.05) is 23.0 Å². The number of hydrogen-bond acceptors (Lipinski definition) is 16. The van der Waals surface area contributed by atoms with E-state index in [2.05, 4.69) is 21.3 Å². The summed E-state index contributed by atoms with van der Waals surface area (Å²) in [6.45, 7) is 10.1. The van der Waals surface area contributed by atoms with E-state index in [0.717, 1.165) is 31.9 Å². The van der Waals surface area contributed by atoms with E-state index in [9.17, 15) is 70.3 Å². The Bertz CT molecular complexity index is 3480. The molecular formula is C65H85F2N9O17S. The second-order valence-corrected chi connectivity index (χ2v) is 29.3. The Hall–Kier alpha value is -8.37. The fourth-order valence-corrected chi connectivity index (χ4v) is 13.4. The Balaban J connectivity index is 0.000000222. The van der Waals surface area contributed by atoms with Crippen LogP contribution in [0.4, 0.5) is 28.0 Å². The van der Waals surface area contributed by atoms with Gasteiger partial charge in [-0.2, -0.15) is 0 Å². The molecule has 0 aromatic heterocycles. The summed E-state index contributed by atoms with van der Waals surface area (Å²) >= 11 is 0. The molecular weight excluding hydrogens is 1250 g/mol. The SMILES string of the molecule is CC(C)(C)OC(=O)N[C@H]1CCCCC/C=C\[C@@H]2C[C@@]2(C(=O)NS(C)(=O)=O)NC(=O)[C@@H]2C[C@@H](OC(=O)N3Cc4cccc(F)c4C3)CN2C1=O.CC(C)(C)OC(=O)N[C@H]1CCCCC/C=C\[C@@H]2C[C@@]2(C(=O)O)NC(=O)[C@@H]2C[C@@H](OC(=O)N3Cc4cccc(F)c4C3)CN2C1=O. The first-order valence-corrected chi connectivity index (χ1v) is 33.9. The van der Waals surface area contributed by atoms with E-state index in [1.54, 1.807) is 71.9 Å². The van der Waals surface area contributed by atoms with E-state index < -0.39 is 146 Å². The molecule has 94 heavy (non-hydrogen) atoms. The highest BCUT2D eigenvalue weighted by atomic mass is 32.2. The first-order chi connectivity index (χ1) is 44.2. The topological polar surface area (TPSA) is 335 Å². The first kappa shape index (κ1) is 70.0. The molecule has 2 aliphatic carbocycles. The summed E-state index contributed by atoms with van der Waals surface area (Å²) in [5.41, 5.74) is -2.60. The molecule has 10 rings (SSSR count). The van der Waals surface area contributed by atoms with Gasteiger partial charge >= 0.3 is 30.3 Å². The van der Waals surface area contributed by atoms with Gasteiger partial charge in [-0.1, -0.05) is 74.3 Å². The van der Waals surface area contributed by atoms with Gasteiger partial charge < -0.3 is 55.1 Å². The highest BCUT2D eigenvalue weighted by Gasteiger charge is 2.63. The summed E-state index contributed by atoms with van der Waals surface area (Å²) in [5.74, 6) is -6.37. The predicted molar refractivity (Wildman–Crippen MR) is 331 cm³/mol. The van der Waals surface area contributed by atoms with Gasteiger partial charge in [0, 0.05) is 48.9 Å². The van der Waals surface area contributed by atoms with Crippen molar-refractivity contribution in [2.24, 2.45) is 11.8 Å². The number of carbonyl (C=O) groups excluding carboxylic acids is 9. The van der Waals surface area contributed by atoms with Gasteiger partial charge in [-0.3, -0.25) is 38.5 Å². The molecule has 8 aliphatic rings. The van der Waals surface area contributed by atoms with Crippen LogP contribution in [0.2, 0.25) is 0 Å². The van der Waals surface area contributed by atoms with Gasteiger partial charge in [0.1, 0.15) is 70.3 Å². The Kier molecular flexibility index (Phi) is 21.1. The number of rotatable bonds is 7. The van der Waals surface area contributed by atoms with Crippen LogP contribution < -0.4 is 26.0 Å². The first-order valence-electron chi connectivity index (χ1n) is 32.0. The van der Waals surface area contributed by atoms with E-state index in [1.165, 1.54) is 31.7 Å². The standard InChI is InChI=1S/C33H44FN5O9S.C32H41FN4O8/c1-32(2,3)48-30(43)35-25-14-9-7-5-6-8-12-21-16-33(21,29(42)37-49(4,45)46)36-27(40)26-15-22(18-39(26)28(25)41)47-31(44)38-17-20-11-10-13-24(34)23(20)19-38;1-31(2,3)45-29(42)34-24-13-8-6-4-5-7-11-20-15-32(20,28(40)41)35-26(38)25-14-21(17-37(25)27(24)39)44-30(43)36-16-19-10-9-12-23(33)22(19)18-36/h8,10-13,21-22,25-26H,5-7,9,14-19H2,1-4H3,(H,35,43)(H,36,40)(H,37,42);7,9-12,20-21,24-25H,4-6,8,13-18H2,1-3H3,(H,34,42)(H,35,38)(H,40,41)/b12-8-;11-7-/t21-,22-,25+,26+,33-;20-,21-,24+,25+,32-/m11/s1. The average molecular weight is 1330 g/mol. The largest absolute Gasteiger partial charge is 0.479 e. The van der Waals surface area contributed by atoms with Crippen molar-refractivity contribution in [1.82, 2.24) is 45.6 Å². The lowest BCUT2D eigenvalue weighted by Crippen LogP contribution is -2.58. The van der Waals surface area contributed by atoms with Gasteiger partial charge in [-0.25, -0.2) is 41.2 Å². The van der Waals surface area contributed by atoms with Crippen molar-refractivity contribution in [2.45, 2.75) is 216 Å². The van der Waals surface area contributed by atoms with Crippen LogP contribution in [-0.2, 0) is 83.9 Å². The smallest absolute Gasteiger partial charge is 0.410 e. The lowest BCUT2D eigenvalue weighted by atomic mass is 10.0. The molecule has 2 aromatic rings. The van der Waals surface area contributed by atoms with Gasteiger partial charge in [0.25, 0.3) is 5.91 Å². The van der Waals surface area contributed by atoms with Crippen molar-refractivity contribution in [1.29, 1.82) is 0 Å². The van der Waals surface area contributed by atoms with E-state index in [4.69, 9.17) is 18.9 Å². The zero-order valence-electron chi connectivity index (χ0n) is 54.0. The number of fused-ring (bicyclic) bond motifs is 6. The number of amides is 9. The molecule has 2 saturated heterocycles. The van der Waals surface area contributed by atoms with Crippen LogP contribution >= 0.6 is 0 Å². The van der Waals surface area contributed by atoms with Crippen molar-refractivity contribution in [2.75, 3.05) is 19.3 Å². The Morgan fingerprint density at radius 2 is 1.02 bits per heavy atom. The van der Waals surface area contributed by atoms with Crippen LogP contribution in [0.1, 0.15) is 154 Å². The normalized spacial score (nSPS) is 28.6. The minimum atomic E-state index is -3.96. The number of carboxylic acid groups (broad SMARTS) is 1. The summed E-state index contributed by atoms with van der Waals surface area (Å²) in [4.78, 5) is 139. The summed E-state index contributed by atoms with van der Waals surface area (Å²) in [6, 6.07) is 4.72. The van der Waals surface area contributed by atoms with Crippen molar-refractivity contribution < 1.29 is 89.2 Å². The van der Waals surface area contributed by atoms with Crippen LogP contribution in [-0.4, -0.2) is 171 Å². The molecule has 2 saturated carbocycles. The second-order valence-electron chi connectivity index (χ2n) is 27.5. The number of carboxylic acids is 1. The molecule has 2 aromatic carbocycles. The molecule has 0 spiro atoms. The van der Waals surface area contributed by atoms with Crippen molar-refractivity contribution in [3.05, 3.63) is 94.6 Å². The number of aliphatic carboxylic acids is 1. The van der Waals surface area contributed by atoms with Crippen LogP contribution in [0.5, 0.6) is 0 Å². The minimum Gasteiger partial charge on any atom is -0.479 e. The summed E-state index contributed by atoms with van der Waals surface area (Å²) < 4.78 is 76.9. The third-order valence-corrected chi connectivity index (χ3v) is 18.4. The summed E-state index contributed by atoms with van der Waals surface area (Å²) in [6.07, 6.45) is 9.59. The van der Waals surface area contributed by atoms with Crippen molar-refractivity contribution in [3.63, 3.8) is 0 Å². The number of halogens is 2. The Morgan fingerprint density at radius 3 is 1.43 bits per heavy atom. The molecule has 10 atom stereocenters. The number of ether oxygens (including phenoxy) is 4. The van der Waals surface area contributed by atoms with Crippen LogP contribution in [0, 0.1) is 23.5 Å². The van der Waals surface area contributed by atoms with Gasteiger partial charge in [-0.05, 0) is 116 Å². The number of alkyl carbamates (subject to hydrolysis) is 2. The molecule has 6 N–H and O–H groups in total. The quantitative estimate of drug-likeness (QED) is 0.132. The Morgan fingerprint density at radius 1 is 0.606 bits per heavy atom. The maximum Gasteiger partial charge on any atom is 0.410 e. The predicted octanol–water partition coefficient (Wildman–Crippen LogP) is 6.23. The molecule has 9 amide bonds. The van der Waals surface area contributed by atoms with Crippen LogP contribution in [0.15, 0.2) is 60.7 Å². The van der Waals surface area contributed by atoms with Crippen molar-refractivity contribution in [3.8, 4) is 0 Å². The lowest BCUT2D eigenvalue weighted by Gasteiger charge is -2.30. The van der Waals surface area contributed by atoms with Gasteiger partial charge in [-0.15, -0.1) is 0 Å². The number of hydrogen-bond donors (Lipinski definition) is 6. The second kappa shape index (κ2) is 28.3. The third-order valence-electron chi connectivity index (χ3n) is 17.8. The number of carbonyl (C=O) groups is 10. The molecule has 0 radical (unpaired) electrons. The molecule has 4 fully saturated rings. The lowest BCUT2D eigenvalue weighted by molar-refractivity contribution is -0.145. The fourth-order valence-electron chi connectivity index (χ4n) is 12.9. The zero-order chi connectivity index (χ0) is 68.2. The third kappa shape index (κ3) is 17.1. The molecule has 6 aliphatic heterocycles. The molecule has 0 bridgehead atoms. The van der Waals surface area contributed by atoms with E-state index >= 15 is 0 Å². The summed E-state index contributed by atoms with van der Waals surface area (Å²) in [5, 5.41) is 20.7. The number of nitrogens with one attached hydrogen (secondary N) is 5. The highest BCUT2D eigenvalue weighted by molar-refractivity contribution is 7.89. The maximum atomic E-state index is 14.4. The molecule has 29 heteroatoms. The van der Waals surface area contributed by atoms with Gasteiger partial charge in [0.15, 0.2) is 0 Å². The molecule has 26 nitrogen and oxygen atoms in total. The van der Waals surface area contributed by atoms with Gasteiger partial charge in [0.2, 0.25) is 33.7 Å². The number of benzene rings is 2. The molecule has 512 valence electrons. The van der Waals surface area contributed by atoms with E-state index in [0.29, 0.717) is 47.9 Å². The Labute approximate surface area is 544 Å². The van der Waals surface area contributed by atoms with Crippen LogP contribution in [0.25, 0.3) is 0 Å². The number of allylic oxidation sites excluding steroid dienone is 2. The molecule has 0 unspecified atom stereocenters. The number of nitrogens with zero attached hydrogens (tertiary/aromatic N) is 4. The minimum absolute atomic E-state index is 0.00508. The van der Waals surface area contributed by atoms with Gasteiger partial charge in [0.05, 0.1) is 32.4 Å².